The Morgan fingerprint density at radius 3 is 2.50 bits per heavy atom. The van der Waals surface area contributed by atoms with Gasteiger partial charge in [-0.1, -0.05) is 19.9 Å². The minimum atomic E-state index is -5.07. The number of likely N-dealkylation sites (N-methyl/N-ethyl adjacent to an activating group) is 1. The number of nitrogens with one attached hydrogen (secondary N) is 1. The third-order valence-electron chi connectivity index (χ3n) is 7.98. The Labute approximate surface area is 264 Å². The average molecular weight is 646 g/mol. The number of aryl methyl sites for hydroxylation is 1. The summed E-state index contributed by atoms with van der Waals surface area (Å²) >= 11 is 0. The number of nitrogens with zero attached hydrogens (tertiary/aromatic N) is 3. The van der Waals surface area contributed by atoms with E-state index in [-0.39, 0.29) is 22.6 Å². The zero-order valence-electron chi connectivity index (χ0n) is 26.9. The van der Waals surface area contributed by atoms with Gasteiger partial charge in [0, 0.05) is 30.6 Å². The van der Waals surface area contributed by atoms with Crippen LogP contribution in [0.1, 0.15) is 50.0 Å². The number of carbonyl (C=O) groups excluding carboxylic acids is 1. The summed E-state index contributed by atoms with van der Waals surface area (Å²) in [5.41, 5.74) is -2.52. The molecule has 4 aromatic rings. The number of benzene rings is 3. The summed E-state index contributed by atoms with van der Waals surface area (Å²) in [6.07, 6.45) is -4.45. The normalized spacial score (nSPS) is 14.3. The smallest absolute Gasteiger partial charge is 0.418 e. The van der Waals surface area contributed by atoms with E-state index in [4.69, 9.17) is 6.11 Å². The number of carbonyl (C=O) groups is 2. The van der Waals surface area contributed by atoms with Gasteiger partial charge < -0.3 is 25.2 Å². The van der Waals surface area contributed by atoms with E-state index < -0.39 is 60.9 Å². The molecule has 0 saturated carbocycles. The fraction of sp³-hybridized carbons (Fsp3) is 0.364. The molecule has 2 atom stereocenters. The third kappa shape index (κ3) is 6.79. The minimum Gasteiger partial charge on any atom is -0.496 e. The maximum absolute atomic E-state index is 14.5. The topological polar surface area (TPSA) is 117 Å². The number of hydrogen-bond donors (Lipinski definition) is 3. The molecule has 0 aliphatic carbocycles. The molecule has 0 fully saturated rings. The van der Waals surface area contributed by atoms with E-state index >= 15 is 0 Å². The predicted octanol–water partition coefficient (Wildman–Crippen LogP) is 6.10. The van der Waals surface area contributed by atoms with Crippen LogP contribution in [0, 0.1) is 12.7 Å². The lowest BCUT2D eigenvalue weighted by molar-refractivity contribution is -0.260. The van der Waals surface area contributed by atoms with Crippen LogP contribution in [-0.2, 0) is 10.2 Å². The molecule has 0 saturated heterocycles. The van der Waals surface area contributed by atoms with Gasteiger partial charge in [0.05, 0.1) is 31.1 Å². The van der Waals surface area contributed by atoms with Gasteiger partial charge in [-0.2, -0.15) is 18.3 Å². The van der Waals surface area contributed by atoms with E-state index in [1.54, 1.807) is 31.2 Å². The molecule has 13 heteroatoms. The number of carboxylic acid groups (broad SMARTS) is 1. The molecule has 0 aliphatic rings. The number of alkyl halides is 3. The SMILES string of the molecule is [2H]CN(C(=O)c1cccc(-n2ncc3c(NCC(O)(CC(C)(C)c4cc(F)ccc4OC)C(F)(F)F)cc(C)cc32)c1)[C@@H](C)C(=O)O. The first kappa shape index (κ1) is 32.7. The van der Waals surface area contributed by atoms with Gasteiger partial charge in [-0.05, 0) is 79.8 Å². The molecule has 1 unspecified atom stereocenters. The van der Waals surface area contributed by atoms with Crippen molar-refractivity contribution in [2.45, 2.75) is 57.3 Å². The Balaban J connectivity index is 1.68. The Morgan fingerprint density at radius 2 is 1.87 bits per heavy atom. The van der Waals surface area contributed by atoms with Crippen LogP contribution in [0.15, 0.2) is 60.8 Å². The number of ether oxygens (including phenoxy) is 1. The van der Waals surface area contributed by atoms with Crippen molar-refractivity contribution >= 4 is 28.5 Å². The zero-order valence-corrected chi connectivity index (χ0v) is 25.9. The second kappa shape index (κ2) is 12.6. The number of aliphatic hydroxyl groups is 1. The van der Waals surface area contributed by atoms with Crippen molar-refractivity contribution in [1.82, 2.24) is 14.7 Å². The standard InChI is InChI=1S/C33H36F4N4O5/c1-19-12-26(38-18-32(45,33(35,36)37)17-31(3,4)25-15-22(34)10-11-28(25)46-6)24-16-39-41(27(24)13-19)23-9-7-8-21(14-23)29(42)40(5)20(2)30(43)44/h7-16,20,38,45H,17-18H2,1-6H3,(H,43,44)/t20-,32?/m0/s1/i5D. The first-order valence-electron chi connectivity index (χ1n) is 14.9. The van der Waals surface area contributed by atoms with Gasteiger partial charge in [0.2, 0.25) is 0 Å². The lowest BCUT2D eigenvalue weighted by atomic mass is 9.74. The highest BCUT2D eigenvalue weighted by atomic mass is 19.4. The van der Waals surface area contributed by atoms with Gasteiger partial charge in [0.25, 0.3) is 5.91 Å². The molecule has 1 heterocycles. The van der Waals surface area contributed by atoms with E-state index in [1.807, 2.05) is 0 Å². The monoisotopic (exact) mass is 645 g/mol. The number of halogens is 4. The van der Waals surface area contributed by atoms with Crippen LogP contribution in [0.5, 0.6) is 5.75 Å². The molecule has 246 valence electrons. The van der Waals surface area contributed by atoms with Crippen molar-refractivity contribution in [1.29, 1.82) is 0 Å². The maximum atomic E-state index is 14.5. The number of carboxylic acids is 1. The molecule has 0 radical (unpaired) electrons. The highest BCUT2D eigenvalue weighted by Crippen LogP contribution is 2.44. The van der Waals surface area contributed by atoms with Crippen LogP contribution in [0.2, 0.25) is 0 Å². The van der Waals surface area contributed by atoms with E-state index in [0.717, 1.165) is 17.0 Å². The molecule has 3 aromatic carbocycles. The molecule has 0 bridgehead atoms. The predicted molar refractivity (Wildman–Crippen MR) is 165 cm³/mol. The summed E-state index contributed by atoms with van der Waals surface area (Å²) in [6.45, 7) is 5.05. The Hall–Kier alpha value is -4.65. The zero-order chi connectivity index (χ0) is 34.9. The number of amides is 1. The number of fused-ring (bicyclic) bond motifs is 1. The largest absolute Gasteiger partial charge is 0.496 e. The van der Waals surface area contributed by atoms with Gasteiger partial charge in [-0.15, -0.1) is 0 Å². The highest BCUT2D eigenvalue weighted by molar-refractivity contribution is 5.97. The first-order chi connectivity index (χ1) is 21.9. The number of hydrogen-bond acceptors (Lipinski definition) is 6. The Morgan fingerprint density at radius 1 is 1.15 bits per heavy atom. The fourth-order valence-corrected chi connectivity index (χ4v) is 5.40. The molecule has 1 amide bonds. The molecule has 3 N–H and O–H groups in total. The van der Waals surface area contributed by atoms with Crippen LogP contribution in [0.4, 0.5) is 23.2 Å². The molecule has 46 heavy (non-hydrogen) atoms. The summed E-state index contributed by atoms with van der Waals surface area (Å²) in [5.74, 6) is -2.39. The Kier molecular flexibility index (Phi) is 8.98. The molecular formula is C33H36F4N4O5. The van der Waals surface area contributed by atoms with E-state index in [0.29, 0.717) is 22.2 Å². The second-order valence-corrected chi connectivity index (χ2v) is 11.9. The number of anilines is 1. The lowest BCUT2D eigenvalue weighted by Gasteiger charge is -2.38. The van der Waals surface area contributed by atoms with Gasteiger partial charge in [0.15, 0.2) is 5.60 Å². The van der Waals surface area contributed by atoms with Crippen molar-refractivity contribution in [2.75, 3.05) is 26.0 Å². The molecule has 0 aliphatic heterocycles. The van der Waals surface area contributed by atoms with E-state index in [1.165, 1.54) is 57.0 Å². The van der Waals surface area contributed by atoms with Crippen molar-refractivity contribution < 1.29 is 43.5 Å². The van der Waals surface area contributed by atoms with E-state index in [2.05, 4.69) is 10.4 Å². The maximum Gasteiger partial charge on any atom is 0.418 e. The number of rotatable bonds is 11. The number of aromatic nitrogens is 2. The van der Waals surface area contributed by atoms with Crippen molar-refractivity contribution in [2.24, 2.45) is 0 Å². The van der Waals surface area contributed by atoms with Gasteiger partial charge >= 0.3 is 12.1 Å². The summed E-state index contributed by atoms with van der Waals surface area (Å²) in [6, 6.07) is 11.9. The Bertz CT molecular complexity index is 1790. The van der Waals surface area contributed by atoms with Gasteiger partial charge in [-0.25, -0.2) is 13.9 Å². The van der Waals surface area contributed by atoms with Crippen LogP contribution < -0.4 is 10.1 Å². The molecule has 1 aromatic heterocycles. The van der Waals surface area contributed by atoms with Crippen LogP contribution in [-0.4, -0.2) is 75.3 Å². The summed E-state index contributed by atoms with van der Waals surface area (Å²) in [4.78, 5) is 25.4. The third-order valence-corrected chi connectivity index (χ3v) is 7.98. The van der Waals surface area contributed by atoms with Crippen LogP contribution in [0.25, 0.3) is 16.6 Å². The van der Waals surface area contributed by atoms with E-state index in [9.17, 15) is 37.4 Å². The van der Waals surface area contributed by atoms with Gasteiger partial charge in [0.1, 0.15) is 17.6 Å². The van der Waals surface area contributed by atoms with Crippen molar-refractivity contribution in [3.05, 3.63) is 83.3 Å². The molecule has 4 rings (SSSR count). The number of methoxy groups -OCH3 is 1. The second-order valence-electron chi connectivity index (χ2n) is 11.9. The highest BCUT2D eigenvalue weighted by Gasteiger charge is 2.56. The number of aliphatic carboxylic acids is 1. The lowest BCUT2D eigenvalue weighted by Crippen LogP contribution is -2.53. The molecule has 0 spiro atoms. The quantitative estimate of drug-likeness (QED) is 0.169. The fourth-order valence-electron chi connectivity index (χ4n) is 5.40. The minimum absolute atomic E-state index is 0.116. The average Bonchev–Trinajstić information content (AvgIpc) is 3.43. The summed E-state index contributed by atoms with van der Waals surface area (Å²) < 4.78 is 72.1. The summed E-state index contributed by atoms with van der Waals surface area (Å²) in [5, 5.41) is 28.1. The summed E-state index contributed by atoms with van der Waals surface area (Å²) in [7, 11) is 0.750. The first-order valence-corrected chi connectivity index (χ1v) is 14.2. The molecular weight excluding hydrogens is 608 g/mol. The van der Waals surface area contributed by atoms with Gasteiger partial charge in [-0.3, -0.25) is 4.79 Å². The van der Waals surface area contributed by atoms with Crippen LogP contribution in [0.3, 0.4) is 0 Å². The van der Waals surface area contributed by atoms with Crippen molar-refractivity contribution in [3.8, 4) is 11.4 Å². The molecule has 9 nitrogen and oxygen atoms in total. The van der Waals surface area contributed by atoms with Crippen LogP contribution >= 0.6 is 0 Å². The van der Waals surface area contributed by atoms with Crippen molar-refractivity contribution in [3.63, 3.8) is 0 Å².